The largest absolute Gasteiger partial charge is 0.459 e. The lowest BCUT2D eigenvalue weighted by atomic mass is 9.82. The highest BCUT2D eigenvalue weighted by Crippen LogP contribution is 2.49. The molecule has 4 rings (SSSR count). The maximum Gasteiger partial charge on any atom is 0.341 e. The average molecular weight is 449 g/mol. The van der Waals surface area contributed by atoms with Gasteiger partial charge in [0, 0.05) is 18.4 Å². The zero-order valence-electron chi connectivity index (χ0n) is 19.5. The number of carbonyl (C=O) groups is 3. The van der Waals surface area contributed by atoms with Crippen molar-refractivity contribution in [3.8, 4) is 0 Å². The molecule has 1 aliphatic carbocycles. The summed E-state index contributed by atoms with van der Waals surface area (Å²) in [5.41, 5.74) is -0.558. The Hall–Kier alpha value is -2.19. The van der Waals surface area contributed by atoms with Gasteiger partial charge in [-0.3, -0.25) is 4.79 Å². The van der Waals surface area contributed by atoms with E-state index in [4.69, 9.17) is 23.7 Å². The van der Waals surface area contributed by atoms with Crippen molar-refractivity contribution < 1.29 is 38.1 Å². The highest BCUT2D eigenvalue weighted by molar-refractivity contribution is 5.91. The number of hydrogen-bond acceptors (Lipinski definition) is 8. The standard InChI is InChI=1S/C24H32O8/c1-11(2)20(25)28-15-9-18-23(6,32-18)10-17(30-22(27)24(7)14(5)31-24)19-13(4)21(26)29-16(19)8-12(15)3/h8,11,14-19H,4,9-10H2,1-3,5-7H3/b12-8-/t14-,15-,16+,17+,18+,19-,23+,24+/m0/s1. The van der Waals surface area contributed by atoms with Crippen LogP contribution in [0.4, 0.5) is 0 Å². The monoisotopic (exact) mass is 448 g/mol. The van der Waals surface area contributed by atoms with E-state index in [0.29, 0.717) is 12.8 Å². The number of hydrogen-bond donors (Lipinski definition) is 0. The number of fused-ring (bicyclic) bond motifs is 2. The van der Waals surface area contributed by atoms with Crippen molar-refractivity contribution in [2.24, 2.45) is 11.8 Å². The van der Waals surface area contributed by atoms with Crippen molar-refractivity contribution in [3.05, 3.63) is 23.8 Å². The van der Waals surface area contributed by atoms with Crippen LogP contribution in [0.25, 0.3) is 0 Å². The lowest BCUT2D eigenvalue weighted by Gasteiger charge is -2.30. The van der Waals surface area contributed by atoms with Crippen LogP contribution in [0.2, 0.25) is 0 Å². The van der Waals surface area contributed by atoms with Crippen LogP contribution in [-0.2, 0) is 38.1 Å². The van der Waals surface area contributed by atoms with E-state index in [0.717, 1.165) is 5.57 Å². The summed E-state index contributed by atoms with van der Waals surface area (Å²) >= 11 is 0. The summed E-state index contributed by atoms with van der Waals surface area (Å²) < 4.78 is 28.7. The van der Waals surface area contributed by atoms with Gasteiger partial charge in [0.15, 0.2) is 5.60 Å². The number of esters is 3. The zero-order valence-corrected chi connectivity index (χ0v) is 19.5. The molecular weight excluding hydrogens is 416 g/mol. The molecule has 0 aromatic heterocycles. The fourth-order valence-corrected chi connectivity index (χ4v) is 4.56. The highest BCUT2D eigenvalue weighted by atomic mass is 16.7. The molecule has 0 saturated carbocycles. The average Bonchev–Trinajstić information content (AvgIpc) is 3.50. The topological polar surface area (TPSA) is 104 Å². The van der Waals surface area contributed by atoms with Crippen LogP contribution < -0.4 is 0 Å². The van der Waals surface area contributed by atoms with Gasteiger partial charge < -0.3 is 23.7 Å². The summed E-state index contributed by atoms with van der Waals surface area (Å²) in [6.07, 6.45) is 0.364. The SMILES string of the molecule is C=C1C(=O)O[C@@H]2/C=C(/C)[C@@H](OC(=O)C(C)C)C[C@H]3O[C@]3(C)C[C@@H](OC(=O)[C@]3(C)O[C@H]3C)[C@@H]12. The Balaban J connectivity index is 1.65. The van der Waals surface area contributed by atoms with E-state index in [1.54, 1.807) is 26.8 Å². The molecule has 3 heterocycles. The van der Waals surface area contributed by atoms with Crippen LogP contribution in [-0.4, -0.2) is 59.6 Å². The van der Waals surface area contributed by atoms with Crippen molar-refractivity contribution in [1.82, 2.24) is 0 Å². The first-order chi connectivity index (χ1) is 14.9. The van der Waals surface area contributed by atoms with E-state index in [9.17, 15) is 14.4 Å². The molecule has 0 radical (unpaired) electrons. The molecule has 0 aromatic rings. The summed E-state index contributed by atoms with van der Waals surface area (Å²) in [6.45, 7) is 14.8. The predicted octanol–water partition coefficient (Wildman–Crippen LogP) is 2.64. The maximum atomic E-state index is 12.8. The zero-order chi connectivity index (χ0) is 23.6. The van der Waals surface area contributed by atoms with Crippen LogP contribution >= 0.6 is 0 Å². The van der Waals surface area contributed by atoms with Crippen molar-refractivity contribution in [2.75, 3.05) is 0 Å². The Morgan fingerprint density at radius 3 is 2.47 bits per heavy atom. The van der Waals surface area contributed by atoms with Gasteiger partial charge >= 0.3 is 17.9 Å². The molecule has 3 aliphatic heterocycles. The van der Waals surface area contributed by atoms with Gasteiger partial charge in [0.2, 0.25) is 0 Å². The van der Waals surface area contributed by atoms with E-state index in [-0.39, 0.29) is 29.7 Å². The minimum atomic E-state index is -0.984. The van der Waals surface area contributed by atoms with Gasteiger partial charge in [0.05, 0.1) is 29.6 Å². The van der Waals surface area contributed by atoms with E-state index in [2.05, 4.69) is 6.58 Å². The first-order valence-corrected chi connectivity index (χ1v) is 11.2. The summed E-state index contributed by atoms with van der Waals surface area (Å²) in [4.78, 5) is 37.5. The number of carbonyl (C=O) groups excluding carboxylic acids is 3. The molecule has 32 heavy (non-hydrogen) atoms. The van der Waals surface area contributed by atoms with E-state index >= 15 is 0 Å². The molecule has 0 aromatic carbocycles. The van der Waals surface area contributed by atoms with Crippen molar-refractivity contribution in [1.29, 1.82) is 0 Å². The van der Waals surface area contributed by atoms with Gasteiger partial charge in [-0.05, 0) is 39.3 Å². The molecule has 8 nitrogen and oxygen atoms in total. The molecule has 3 saturated heterocycles. The lowest BCUT2D eigenvalue weighted by molar-refractivity contribution is -0.159. The third-order valence-corrected chi connectivity index (χ3v) is 7.20. The molecule has 176 valence electrons. The Kier molecular flexibility index (Phi) is 5.53. The van der Waals surface area contributed by atoms with E-state index in [1.165, 1.54) is 0 Å². The van der Waals surface area contributed by atoms with Crippen LogP contribution in [0.1, 0.15) is 54.4 Å². The van der Waals surface area contributed by atoms with Gasteiger partial charge in [0.25, 0.3) is 0 Å². The predicted molar refractivity (Wildman–Crippen MR) is 112 cm³/mol. The fourth-order valence-electron chi connectivity index (χ4n) is 4.56. The molecule has 0 unspecified atom stereocenters. The quantitative estimate of drug-likeness (QED) is 0.213. The van der Waals surface area contributed by atoms with Gasteiger partial charge in [0.1, 0.15) is 18.3 Å². The van der Waals surface area contributed by atoms with Gasteiger partial charge in [-0.2, -0.15) is 0 Å². The molecule has 3 fully saturated rings. The summed E-state index contributed by atoms with van der Waals surface area (Å²) in [5.74, 6) is -2.13. The maximum absolute atomic E-state index is 12.8. The molecular formula is C24H32O8. The van der Waals surface area contributed by atoms with Crippen molar-refractivity contribution in [2.45, 2.75) is 96.1 Å². The molecule has 0 spiro atoms. The summed E-state index contributed by atoms with van der Waals surface area (Å²) in [7, 11) is 0. The minimum absolute atomic E-state index is 0.175. The molecule has 0 amide bonds. The van der Waals surface area contributed by atoms with Gasteiger partial charge in [-0.1, -0.05) is 20.4 Å². The third kappa shape index (κ3) is 3.99. The van der Waals surface area contributed by atoms with Crippen LogP contribution in [0.15, 0.2) is 23.8 Å². The molecule has 4 aliphatic rings. The molecule has 8 heteroatoms. The second-order valence-electron chi connectivity index (χ2n) is 10.1. The Labute approximate surface area is 188 Å². The first-order valence-electron chi connectivity index (χ1n) is 11.2. The van der Waals surface area contributed by atoms with Crippen LogP contribution in [0.3, 0.4) is 0 Å². The Bertz CT molecular complexity index is 890. The summed E-state index contributed by atoms with van der Waals surface area (Å²) in [5, 5.41) is 0. The molecule has 0 N–H and O–H groups in total. The highest BCUT2D eigenvalue weighted by Gasteiger charge is 2.61. The Morgan fingerprint density at radius 1 is 1.22 bits per heavy atom. The second kappa shape index (κ2) is 7.70. The first kappa shape index (κ1) is 23.0. The molecule has 0 bridgehead atoms. The minimum Gasteiger partial charge on any atom is -0.459 e. The third-order valence-electron chi connectivity index (χ3n) is 7.20. The normalized spacial score (nSPS) is 44.5. The number of epoxide rings is 2. The van der Waals surface area contributed by atoms with Gasteiger partial charge in [-0.25, -0.2) is 9.59 Å². The summed E-state index contributed by atoms with van der Waals surface area (Å²) in [6, 6.07) is 0. The fraction of sp³-hybridized carbons (Fsp3) is 0.708. The van der Waals surface area contributed by atoms with E-state index in [1.807, 2.05) is 20.8 Å². The number of rotatable bonds is 4. The Morgan fingerprint density at radius 2 is 1.88 bits per heavy atom. The van der Waals surface area contributed by atoms with Crippen molar-refractivity contribution >= 4 is 17.9 Å². The van der Waals surface area contributed by atoms with Crippen LogP contribution in [0.5, 0.6) is 0 Å². The smallest absolute Gasteiger partial charge is 0.341 e. The second-order valence-corrected chi connectivity index (χ2v) is 10.1. The van der Waals surface area contributed by atoms with E-state index < -0.39 is 47.4 Å². The van der Waals surface area contributed by atoms with Gasteiger partial charge in [-0.15, -0.1) is 0 Å². The number of ether oxygens (including phenoxy) is 5. The molecule has 8 atom stereocenters. The lowest BCUT2D eigenvalue weighted by Crippen LogP contribution is -2.40. The van der Waals surface area contributed by atoms with Crippen LogP contribution in [0, 0.1) is 11.8 Å². The van der Waals surface area contributed by atoms with Crippen molar-refractivity contribution in [3.63, 3.8) is 0 Å².